The van der Waals surface area contributed by atoms with E-state index in [-0.39, 0.29) is 0 Å². The second-order valence-electron chi connectivity index (χ2n) is 11.6. The van der Waals surface area contributed by atoms with E-state index in [1.807, 2.05) is 22.7 Å². The second kappa shape index (κ2) is 10.2. The fraction of sp³-hybridized carbons (Fsp3) is 0.0732. The molecule has 0 saturated carbocycles. The number of hydrogen-bond donors (Lipinski definition) is 0. The minimum absolute atomic E-state index is 1.06. The molecule has 0 fully saturated rings. The van der Waals surface area contributed by atoms with Crippen LogP contribution in [0.15, 0.2) is 133 Å². The standard InChI is InChI=1S/C41H29NS2/c1-2-10-26-12-8-16-34-40(26)32-24-28(27-13-7-14-29(23-27)39-25-30-11-3-5-18-36(30)43-39)21-22-33(32)42(34)35-17-9-20-38-41(35)31-15-4-6-19-37(31)44-38/h3-9,11-25H,2,10H2,1H3. The third-order valence-corrected chi connectivity index (χ3v) is 11.2. The third-order valence-electron chi connectivity index (χ3n) is 8.92. The predicted octanol–water partition coefficient (Wildman–Crippen LogP) is 12.7. The molecule has 0 atom stereocenters. The molecule has 0 aliphatic carbocycles. The Balaban J connectivity index is 1.29. The van der Waals surface area contributed by atoms with Gasteiger partial charge in [0.25, 0.3) is 0 Å². The van der Waals surface area contributed by atoms with Crippen molar-refractivity contribution in [2.24, 2.45) is 0 Å². The second-order valence-corrected chi connectivity index (χ2v) is 13.8. The number of hydrogen-bond acceptors (Lipinski definition) is 2. The molecular weight excluding hydrogens is 571 g/mol. The van der Waals surface area contributed by atoms with Crippen LogP contribution in [0.5, 0.6) is 0 Å². The zero-order valence-electron chi connectivity index (χ0n) is 24.4. The van der Waals surface area contributed by atoms with Crippen molar-refractivity contribution in [3.8, 4) is 27.3 Å². The van der Waals surface area contributed by atoms with Crippen molar-refractivity contribution in [2.75, 3.05) is 0 Å². The van der Waals surface area contributed by atoms with Gasteiger partial charge in [-0.15, -0.1) is 22.7 Å². The molecule has 0 aliphatic heterocycles. The molecule has 0 unspecified atom stereocenters. The molecule has 0 amide bonds. The lowest BCUT2D eigenvalue weighted by molar-refractivity contribution is 0.930. The maximum atomic E-state index is 2.52. The van der Waals surface area contributed by atoms with Crippen LogP contribution < -0.4 is 0 Å². The van der Waals surface area contributed by atoms with E-state index in [0.29, 0.717) is 0 Å². The molecule has 0 aliphatic rings. The molecule has 44 heavy (non-hydrogen) atoms. The summed E-state index contributed by atoms with van der Waals surface area (Å²) in [7, 11) is 0. The Morgan fingerprint density at radius 3 is 2.20 bits per heavy atom. The largest absolute Gasteiger partial charge is 0.309 e. The van der Waals surface area contributed by atoms with Gasteiger partial charge in [-0.2, -0.15) is 0 Å². The molecule has 0 N–H and O–H groups in total. The van der Waals surface area contributed by atoms with Crippen LogP contribution in [0.3, 0.4) is 0 Å². The van der Waals surface area contributed by atoms with Crippen molar-refractivity contribution in [3.05, 3.63) is 139 Å². The van der Waals surface area contributed by atoms with Gasteiger partial charge < -0.3 is 4.57 Å². The lowest BCUT2D eigenvalue weighted by Crippen LogP contribution is -1.95. The Morgan fingerprint density at radius 1 is 0.523 bits per heavy atom. The average Bonchev–Trinajstić information content (AvgIpc) is 3.77. The Bertz CT molecular complexity index is 2490. The Hall–Kier alpha value is -4.70. The predicted molar refractivity (Wildman–Crippen MR) is 194 cm³/mol. The van der Waals surface area contributed by atoms with E-state index in [1.165, 1.54) is 84.9 Å². The van der Waals surface area contributed by atoms with Gasteiger partial charge in [-0.3, -0.25) is 0 Å². The van der Waals surface area contributed by atoms with Crippen molar-refractivity contribution in [1.82, 2.24) is 4.57 Å². The molecule has 0 radical (unpaired) electrons. The Labute approximate surface area is 264 Å². The first-order valence-electron chi connectivity index (χ1n) is 15.3. The first-order chi connectivity index (χ1) is 21.8. The summed E-state index contributed by atoms with van der Waals surface area (Å²) in [6, 6.07) is 49.6. The highest BCUT2D eigenvalue weighted by Gasteiger charge is 2.19. The molecule has 1 nitrogen and oxygen atoms in total. The van der Waals surface area contributed by atoms with Gasteiger partial charge in [0.05, 0.1) is 16.7 Å². The van der Waals surface area contributed by atoms with E-state index < -0.39 is 0 Å². The highest BCUT2D eigenvalue weighted by molar-refractivity contribution is 7.26. The lowest BCUT2D eigenvalue weighted by Gasteiger charge is -2.11. The van der Waals surface area contributed by atoms with E-state index in [9.17, 15) is 0 Å². The summed E-state index contributed by atoms with van der Waals surface area (Å²) < 4.78 is 6.52. The number of nitrogens with zero attached hydrogens (tertiary/aromatic N) is 1. The number of thiophene rings is 2. The van der Waals surface area contributed by atoms with E-state index >= 15 is 0 Å². The van der Waals surface area contributed by atoms with Crippen LogP contribution >= 0.6 is 22.7 Å². The van der Waals surface area contributed by atoms with Crippen LogP contribution in [-0.4, -0.2) is 4.57 Å². The topological polar surface area (TPSA) is 4.93 Å². The molecule has 3 aromatic heterocycles. The fourth-order valence-corrected chi connectivity index (χ4v) is 9.17. The number of fused-ring (bicyclic) bond motifs is 7. The number of aromatic nitrogens is 1. The van der Waals surface area contributed by atoms with Crippen molar-refractivity contribution in [3.63, 3.8) is 0 Å². The van der Waals surface area contributed by atoms with E-state index in [4.69, 9.17) is 0 Å². The summed E-state index contributed by atoms with van der Waals surface area (Å²) >= 11 is 3.75. The summed E-state index contributed by atoms with van der Waals surface area (Å²) in [5.41, 5.74) is 9.00. The average molecular weight is 600 g/mol. The summed E-state index contributed by atoms with van der Waals surface area (Å²) in [6.07, 6.45) is 2.18. The highest BCUT2D eigenvalue weighted by Crippen LogP contribution is 2.43. The van der Waals surface area contributed by atoms with E-state index in [0.717, 1.165) is 12.8 Å². The first kappa shape index (κ1) is 25.8. The van der Waals surface area contributed by atoms with Crippen molar-refractivity contribution < 1.29 is 0 Å². The van der Waals surface area contributed by atoms with E-state index in [2.05, 4.69) is 145 Å². The van der Waals surface area contributed by atoms with Gasteiger partial charge >= 0.3 is 0 Å². The van der Waals surface area contributed by atoms with Gasteiger partial charge in [-0.1, -0.05) is 92.2 Å². The molecule has 3 heteroatoms. The summed E-state index contributed by atoms with van der Waals surface area (Å²) in [5, 5.41) is 6.68. The SMILES string of the molecule is CCCc1cccc2c1c1cc(-c3cccc(-c4cc5ccccc5s4)c3)ccc1n2-c1cccc2sc3ccccc3c12. The van der Waals surface area contributed by atoms with Gasteiger partial charge in [0.1, 0.15) is 0 Å². The smallest absolute Gasteiger partial charge is 0.0555 e. The van der Waals surface area contributed by atoms with Crippen molar-refractivity contribution >= 4 is 74.7 Å². The van der Waals surface area contributed by atoms with Crippen molar-refractivity contribution in [1.29, 1.82) is 0 Å². The third kappa shape index (κ3) is 3.97. The van der Waals surface area contributed by atoms with Crippen LogP contribution in [0.4, 0.5) is 0 Å². The molecule has 9 aromatic rings. The molecular formula is C41H29NS2. The van der Waals surface area contributed by atoms with Gasteiger partial charge in [0, 0.05) is 40.5 Å². The summed E-state index contributed by atoms with van der Waals surface area (Å²) in [5.74, 6) is 0. The Kier molecular flexibility index (Phi) is 5.97. The molecule has 0 saturated heterocycles. The highest BCUT2D eigenvalue weighted by atomic mass is 32.1. The maximum Gasteiger partial charge on any atom is 0.0555 e. The maximum absolute atomic E-state index is 2.52. The zero-order valence-corrected chi connectivity index (χ0v) is 26.0. The van der Waals surface area contributed by atoms with Gasteiger partial charge in [0.2, 0.25) is 0 Å². The molecule has 3 heterocycles. The normalized spacial score (nSPS) is 11.9. The summed E-state index contributed by atoms with van der Waals surface area (Å²) in [4.78, 5) is 1.31. The van der Waals surface area contributed by atoms with Crippen LogP contribution in [-0.2, 0) is 6.42 Å². The van der Waals surface area contributed by atoms with Crippen LogP contribution in [0.2, 0.25) is 0 Å². The molecule has 6 aromatic carbocycles. The minimum Gasteiger partial charge on any atom is -0.309 e. The number of aryl methyl sites for hydroxylation is 1. The molecule has 210 valence electrons. The van der Waals surface area contributed by atoms with Gasteiger partial charge in [-0.05, 0) is 88.7 Å². The zero-order chi connectivity index (χ0) is 29.2. The number of benzene rings is 6. The minimum atomic E-state index is 1.06. The van der Waals surface area contributed by atoms with Crippen LogP contribution in [0, 0.1) is 0 Å². The Morgan fingerprint density at radius 2 is 1.30 bits per heavy atom. The van der Waals surface area contributed by atoms with Gasteiger partial charge in [0.15, 0.2) is 0 Å². The van der Waals surface area contributed by atoms with Crippen LogP contribution in [0.1, 0.15) is 18.9 Å². The monoisotopic (exact) mass is 599 g/mol. The first-order valence-corrected chi connectivity index (χ1v) is 17.0. The molecule has 9 rings (SSSR count). The van der Waals surface area contributed by atoms with Crippen LogP contribution in [0.25, 0.3) is 79.3 Å². The fourth-order valence-electron chi connectivity index (χ4n) is 6.98. The lowest BCUT2D eigenvalue weighted by atomic mass is 9.98. The number of rotatable bonds is 5. The molecule has 0 bridgehead atoms. The van der Waals surface area contributed by atoms with Crippen molar-refractivity contribution in [2.45, 2.75) is 19.8 Å². The van der Waals surface area contributed by atoms with E-state index in [1.54, 1.807) is 0 Å². The van der Waals surface area contributed by atoms with Gasteiger partial charge in [-0.25, -0.2) is 0 Å². The summed E-state index contributed by atoms with van der Waals surface area (Å²) in [6.45, 7) is 2.28. The quantitative estimate of drug-likeness (QED) is 0.185. The molecule has 0 spiro atoms.